The minimum Gasteiger partial charge on any atom is -0.850 e. The van der Waals surface area contributed by atoms with E-state index in [1.54, 1.807) is 20.8 Å². The molecule has 0 N–H and O–H groups in total. The normalized spacial score (nSPS) is 8.57. The molecule has 0 rings (SSSR count). The summed E-state index contributed by atoms with van der Waals surface area (Å²) in [5.74, 6) is 0. The van der Waals surface area contributed by atoms with Crippen LogP contribution in [-0.4, -0.2) is 5.60 Å². The topological polar surface area (TPSA) is 23.1 Å². The molecule has 7 heavy (non-hydrogen) atoms. The molecule has 0 saturated carbocycles. The first kappa shape index (κ1) is 15.8. The van der Waals surface area contributed by atoms with Crippen molar-refractivity contribution in [2.45, 2.75) is 26.4 Å². The maximum absolute atomic E-state index is 10.1. The van der Waals surface area contributed by atoms with Gasteiger partial charge in [0, 0.05) is 0 Å². The van der Waals surface area contributed by atoms with Crippen LogP contribution in [0.3, 0.4) is 0 Å². The average molecular weight is 132 g/mol. The Bertz CT molecular complexity index is 27.2. The van der Waals surface area contributed by atoms with Crippen molar-refractivity contribution in [1.29, 1.82) is 0 Å². The largest absolute Gasteiger partial charge is 1.00 e. The van der Waals surface area contributed by atoms with Crippen molar-refractivity contribution in [3.8, 4) is 0 Å². The number of rotatable bonds is 0. The quantitative estimate of drug-likeness (QED) is 0.329. The fraction of sp³-hybridized carbons (Fsp3) is 1.00. The SMILES string of the molecule is CC(C)(C)[O-].F.[K+]. The van der Waals surface area contributed by atoms with Crippen molar-refractivity contribution in [2.75, 3.05) is 0 Å². The summed E-state index contributed by atoms with van der Waals surface area (Å²) < 4.78 is 0. The fourth-order valence-electron chi connectivity index (χ4n) is 0. The Hall–Kier alpha value is 1.53. The minimum atomic E-state index is -0.750. The average Bonchev–Trinajstić information content (AvgIpc) is 0.722. The van der Waals surface area contributed by atoms with Crippen LogP contribution in [0.25, 0.3) is 0 Å². The second kappa shape index (κ2) is 5.66. The molecular weight excluding hydrogens is 122 g/mol. The summed E-state index contributed by atoms with van der Waals surface area (Å²) >= 11 is 0. The Labute approximate surface area is 86.3 Å². The minimum absolute atomic E-state index is 0. The van der Waals surface area contributed by atoms with E-state index in [9.17, 15) is 5.11 Å². The first-order valence-electron chi connectivity index (χ1n) is 1.70. The van der Waals surface area contributed by atoms with Gasteiger partial charge in [0.1, 0.15) is 0 Å². The van der Waals surface area contributed by atoms with Crippen LogP contribution in [-0.2, 0) is 0 Å². The molecule has 0 fully saturated rings. The molecule has 0 amide bonds. The molecule has 0 radical (unpaired) electrons. The molecule has 0 bridgehead atoms. The summed E-state index contributed by atoms with van der Waals surface area (Å²) in [6.07, 6.45) is 0. The van der Waals surface area contributed by atoms with Gasteiger partial charge in [-0.3, -0.25) is 4.70 Å². The summed E-state index contributed by atoms with van der Waals surface area (Å²) in [5.41, 5.74) is -0.750. The zero-order chi connectivity index (χ0) is 4.50. The van der Waals surface area contributed by atoms with Crippen LogP contribution >= 0.6 is 0 Å². The van der Waals surface area contributed by atoms with Crippen molar-refractivity contribution >= 4 is 0 Å². The summed E-state index contributed by atoms with van der Waals surface area (Å²) in [6.45, 7) is 4.90. The second-order valence-corrected chi connectivity index (χ2v) is 2.11. The molecule has 0 aliphatic rings. The van der Waals surface area contributed by atoms with Gasteiger partial charge in [0.15, 0.2) is 0 Å². The van der Waals surface area contributed by atoms with Gasteiger partial charge in [-0.15, -0.1) is 5.60 Å². The molecule has 0 aromatic heterocycles. The Balaban J connectivity index is -0.0000000800. The predicted molar refractivity (Wildman–Crippen MR) is 22.3 cm³/mol. The summed E-state index contributed by atoms with van der Waals surface area (Å²) in [5, 5.41) is 10.1. The van der Waals surface area contributed by atoms with Crippen LogP contribution < -0.4 is 56.5 Å². The van der Waals surface area contributed by atoms with Crippen molar-refractivity contribution in [1.82, 2.24) is 0 Å². The number of halogens is 1. The van der Waals surface area contributed by atoms with Gasteiger partial charge in [0.05, 0.1) is 0 Å². The zero-order valence-electron chi connectivity index (χ0n) is 5.32. The molecule has 0 atom stereocenters. The van der Waals surface area contributed by atoms with Gasteiger partial charge in [-0.25, -0.2) is 0 Å². The van der Waals surface area contributed by atoms with Gasteiger partial charge >= 0.3 is 51.4 Å². The monoisotopic (exact) mass is 132 g/mol. The maximum atomic E-state index is 10.1. The van der Waals surface area contributed by atoms with E-state index in [4.69, 9.17) is 0 Å². The molecule has 0 aliphatic carbocycles. The van der Waals surface area contributed by atoms with Crippen molar-refractivity contribution in [2.24, 2.45) is 0 Å². The van der Waals surface area contributed by atoms with E-state index < -0.39 is 5.60 Å². The van der Waals surface area contributed by atoms with Crippen LogP contribution in [0, 0.1) is 0 Å². The van der Waals surface area contributed by atoms with E-state index in [2.05, 4.69) is 0 Å². The van der Waals surface area contributed by atoms with Crippen LogP contribution in [0.4, 0.5) is 4.70 Å². The van der Waals surface area contributed by atoms with E-state index >= 15 is 0 Å². The third-order valence-electron chi connectivity index (χ3n) is 0. The van der Waals surface area contributed by atoms with E-state index in [1.165, 1.54) is 0 Å². The van der Waals surface area contributed by atoms with Crippen LogP contribution in [0.15, 0.2) is 0 Å². The molecule has 0 aliphatic heterocycles. The summed E-state index contributed by atoms with van der Waals surface area (Å²) in [6, 6.07) is 0. The van der Waals surface area contributed by atoms with Gasteiger partial charge in [-0.2, -0.15) is 0 Å². The second-order valence-electron chi connectivity index (χ2n) is 2.11. The van der Waals surface area contributed by atoms with Crippen molar-refractivity contribution < 1.29 is 61.2 Å². The molecule has 0 unspecified atom stereocenters. The molecule has 0 aromatic rings. The smallest absolute Gasteiger partial charge is 0.850 e. The molecule has 0 spiro atoms. The Morgan fingerprint density at radius 1 is 1.14 bits per heavy atom. The summed E-state index contributed by atoms with van der Waals surface area (Å²) in [7, 11) is 0. The number of hydrogen-bond donors (Lipinski definition) is 0. The Morgan fingerprint density at radius 3 is 1.14 bits per heavy atom. The van der Waals surface area contributed by atoms with Gasteiger partial charge in [0.25, 0.3) is 0 Å². The molecule has 0 saturated heterocycles. The van der Waals surface area contributed by atoms with Gasteiger partial charge in [-0.05, 0) is 0 Å². The van der Waals surface area contributed by atoms with Gasteiger partial charge in [-0.1, -0.05) is 20.8 Å². The van der Waals surface area contributed by atoms with Crippen molar-refractivity contribution in [3.05, 3.63) is 0 Å². The van der Waals surface area contributed by atoms with Crippen molar-refractivity contribution in [3.63, 3.8) is 0 Å². The maximum Gasteiger partial charge on any atom is 1.00 e. The third kappa shape index (κ3) is 98.7. The predicted octanol–water partition coefficient (Wildman–Crippen LogP) is -2.70. The van der Waals surface area contributed by atoms with E-state index in [-0.39, 0.29) is 56.1 Å². The number of hydrogen-bond acceptors (Lipinski definition) is 1. The third-order valence-corrected chi connectivity index (χ3v) is 0. The first-order chi connectivity index (χ1) is 2.00. The standard InChI is InChI=1S/C4H9O.FH.K/c1-4(2,3)5;;/h1-3H3;1H;/q-1;;+1. The van der Waals surface area contributed by atoms with Crippen LogP contribution in [0.1, 0.15) is 20.8 Å². The molecular formula is C4H10FKO. The van der Waals surface area contributed by atoms with Gasteiger partial charge in [0.2, 0.25) is 0 Å². The zero-order valence-corrected chi connectivity index (χ0v) is 8.44. The molecule has 0 aromatic carbocycles. The van der Waals surface area contributed by atoms with Crippen LogP contribution in [0.5, 0.6) is 0 Å². The Morgan fingerprint density at radius 2 is 1.14 bits per heavy atom. The molecule has 3 heteroatoms. The van der Waals surface area contributed by atoms with Crippen LogP contribution in [0.2, 0.25) is 0 Å². The van der Waals surface area contributed by atoms with E-state index in [1.807, 2.05) is 0 Å². The Kier molecular flexibility index (Phi) is 12.8. The van der Waals surface area contributed by atoms with E-state index in [0.717, 1.165) is 0 Å². The molecule has 1 nitrogen and oxygen atoms in total. The summed E-state index contributed by atoms with van der Waals surface area (Å²) in [4.78, 5) is 0. The first-order valence-corrected chi connectivity index (χ1v) is 1.70. The fourth-order valence-corrected chi connectivity index (χ4v) is 0. The molecule has 0 heterocycles. The molecule has 40 valence electrons. The van der Waals surface area contributed by atoms with E-state index in [0.29, 0.717) is 0 Å². The van der Waals surface area contributed by atoms with Gasteiger partial charge < -0.3 is 5.11 Å².